The first-order valence-electron chi connectivity index (χ1n) is 5.78. The minimum Gasteiger partial charge on any atom is -0.481 e. The average molecular weight is 248 g/mol. The molecule has 1 aromatic heterocycles. The third-order valence-electron chi connectivity index (χ3n) is 3.21. The molecule has 2 N–H and O–H groups in total. The van der Waals surface area contributed by atoms with E-state index >= 15 is 0 Å². The Balaban J connectivity index is 2.86. The van der Waals surface area contributed by atoms with Gasteiger partial charge < -0.3 is 10.4 Å². The van der Waals surface area contributed by atoms with Crippen LogP contribution in [0.3, 0.4) is 0 Å². The largest absolute Gasteiger partial charge is 0.481 e. The molecule has 0 radical (unpaired) electrons. The lowest BCUT2D eigenvalue weighted by Crippen LogP contribution is -2.37. The van der Waals surface area contributed by atoms with E-state index in [1.807, 2.05) is 19.9 Å². The summed E-state index contributed by atoms with van der Waals surface area (Å²) in [6.07, 6.45) is 3.90. The number of nitriles is 1. The summed E-state index contributed by atoms with van der Waals surface area (Å²) in [6.45, 7) is 3.89. The summed E-state index contributed by atoms with van der Waals surface area (Å²) in [5.74, 6) is -0.519. The van der Waals surface area contributed by atoms with Crippen molar-refractivity contribution in [1.82, 2.24) is 9.97 Å². The van der Waals surface area contributed by atoms with Gasteiger partial charge in [-0.2, -0.15) is 5.26 Å². The Morgan fingerprint density at radius 1 is 1.44 bits per heavy atom. The molecule has 18 heavy (non-hydrogen) atoms. The number of aromatic nitrogens is 2. The highest BCUT2D eigenvalue weighted by Gasteiger charge is 2.34. The molecule has 6 nitrogen and oxygen atoms in total. The fourth-order valence-corrected chi connectivity index (χ4v) is 1.68. The molecule has 96 valence electrons. The van der Waals surface area contributed by atoms with Crippen molar-refractivity contribution in [3.05, 3.63) is 18.1 Å². The molecular formula is C12H16N4O2. The van der Waals surface area contributed by atoms with E-state index in [1.54, 1.807) is 0 Å². The van der Waals surface area contributed by atoms with E-state index in [9.17, 15) is 9.90 Å². The van der Waals surface area contributed by atoms with Crippen molar-refractivity contribution >= 4 is 11.8 Å². The third kappa shape index (κ3) is 2.74. The highest BCUT2D eigenvalue weighted by Crippen LogP contribution is 2.27. The van der Waals surface area contributed by atoms with E-state index in [2.05, 4.69) is 15.3 Å². The molecule has 1 heterocycles. The molecule has 0 unspecified atom stereocenters. The number of carboxylic acids is 1. The molecular weight excluding hydrogens is 232 g/mol. The number of aliphatic carboxylic acids is 1. The van der Waals surface area contributed by atoms with Gasteiger partial charge in [-0.3, -0.25) is 4.79 Å². The number of nitrogens with zero attached hydrogens (tertiary/aromatic N) is 3. The second-order valence-corrected chi connectivity index (χ2v) is 4.01. The van der Waals surface area contributed by atoms with Gasteiger partial charge in [-0.15, -0.1) is 0 Å². The van der Waals surface area contributed by atoms with E-state index in [0.29, 0.717) is 18.7 Å². The second-order valence-electron chi connectivity index (χ2n) is 4.01. The molecule has 0 aliphatic rings. The topological polar surface area (TPSA) is 98.9 Å². The maximum absolute atomic E-state index is 11.3. The summed E-state index contributed by atoms with van der Waals surface area (Å²) in [6, 6.07) is 1.91. The Kier molecular flexibility index (Phi) is 4.60. The van der Waals surface area contributed by atoms with Crippen LogP contribution in [0.5, 0.6) is 0 Å². The predicted molar refractivity (Wildman–Crippen MR) is 65.9 cm³/mol. The predicted octanol–water partition coefficient (Wildman–Crippen LogP) is 1.65. The van der Waals surface area contributed by atoms with Crippen molar-refractivity contribution in [2.24, 2.45) is 5.41 Å². The van der Waals surface area contributed by atoms with E-state index in [0.717, 1.165) is 0 Å². The maximum Gasteiger partial charge on any atom is 0.311 e. The molecule has 0 aliphatic heterocycles. The zero-order valence-corrected chi connectivity index (χ0v) is 10.5. The monoisotopic (exact) mass is 248 g/mol. The van der Waals surface area contributed by atoms with E-state index in [4.69, 9.17) is 5.26 Å². The van der Waals surface area contributed by atoms with Gasteiger partial charge in [0.05, 0.1) is 5.41 Å². The molecule has 6 heteroatoms. The number of anilines is 1. The van der Waals surface area contributed by atoms with Gasteiger partial charge in [-0.1, -0.05) is 13.8 Å². The van der Waals surface area contributed by atoms with E-state index in [-0.39, 0.29) is 12.2 Å². The molecule has 0 bridgehead atoms. The van der Waals surface area contributed by atoms with Gasteiger partial charge in [0.2, 0.25) is 0 Å². The van der Waals surface area contributed by atoms with Gasteiger partial charge in [-0.25, -0.2) is 9.97 Å². The van der Waals surface area contributed by atoms with Crippen LogP contribution in [0.1, 0.15) is 32.4 Å². The smallest absolute Gasteiger partial charge is 0.311 e. The molecule has 0 amide bonds. The summed E-state index contributed by atoms with van der Waals surface area (Å²) in [7, 11) is 0. The van der Waals surface area contributed by atoms with Gasteiger partial charge in [0, 0.05) is 18.9 Å². The molecule has 0 spiro atoms. The second kappa shape index (κ2) is 5.96. The van der Waals surface area contributed by atoms with Crippen LogP contribution in [0.15, 0.2) is 12.4 Å². The first-order chi connectivity index (χ1) is 8.59. The van der Waals surface area contributed by atoms with Gasteiger partial charge in [-0.05, 0) is 12.8 Å². The lowest BCUT2D eigenvalue weighted by Gasteiger charge is -2.27. The number of carboxylic acid groups (broad SMARTS) is 1. The summed E-state index contributed by atoms with van der Waals surface area (Å²) < 4.78 is 0. The molecule has 0 saturated heterocycles. The fraction of sp³-hybridized carbons (Fsp3) is 0.500. The first-order valence-corrected chi connectivity index (χ1v) is 5.78. The fourth-order valence-electron chi connectivity index (χ4n) is 1.68. The maximum atomic E-state index is 11.3. The SMILES string of the molecule is CCC(CC)(CNc1nccnc1C#N)C(=O)O. The number of hydrogen-bond acceptors (Lipinski definition) is 5. The molecule has 0 fully saturated rings. The van der Waals surface area contributed by atoms with Gasteiger partial charge in [0.15, 0.2) is 11.5 Å². The third-order valence-corrected chi connectivity index (χ3v) is 3.21. The van der Waals surface area contributed by atoms with Crippen LogP contribution < -0.4 is 5.32 Å². The van der Waals surface area contributed by atoms with Crippen LogP contribution in [-0.4, -0.2) is 27.6 Å². The van der Waals surface area contributed by atoms with Crippen molar-refractivity contribution < 1.29 is 9.90 Å². The number of rotatable bonds is 6. The zero-order chi connectivity index (χ0) is 13.6. The zero-order valence-electron chi connectivity index (χ0n) is 10.5. The lowest BCUT2D eigenvalue weighted by molar-refractivity contribution is -0.148. The Hall–Kier alpha value is -2.16. The quantitative estimate of drug-likeness (QED) is 0.794. The Morgan fingerprint density at radius 2 is 2.06 bits per heavy atom. The standard InChI is InChI=1S/C12H16N4O2/c1-3-12(4-2,11(17)18)8-16-10-9(7-13)14-5-6-15-10/h5-6H,3-4,8H2,1-2H3,(H,15,16)(H,17,18). The molecule has 0 saturated carbocycles. The van der Waals surface area contributed by atoms with Crippen LogP contribution in [0.2, 0.25) is 0 Å². The Bertz CT molecular complexity index is 463. The highest BCUT2D eigenvalue weighted by atomic mass is 16.4. The van der Waals surface area contributed by atoms with Crippen molar-refractivity contribution in [3.8, 4) is 6.07 Å². The minimum absolute atomic E-state index is 0.170. The Labute approximate surface area is 106 Å². The van der Waals surface area contributed by atoms with Crippen molar-refractivity contribution in [3.63, 3.8) is 0 Å². The number of hydrogen-bond donors (Lipinski definition) is 2. The molecule has 0 aliphatic carbocycles. The normalized spacial score (nSPS) is 10.7. The van der Waals surface area contributed by atoms with Crippen LogP contribution in [0.25, 0.3) is 0 Å². The average Bonchev–Trinajstić information content (AvgIpc) is 2.40. The van der Waals surface area contributed by atoms with Crippen molar-refractivity contribution in [2.45, 2.75) is 26.7 Å². The molecule has 1 aromatic rings. The summed E-state index contributed by atoms with van der Waals surface area (Å²) >= 11 is 0. The van der Waals surface area contributed by atoms with Gasteiger partial charge >= 0.3 is 5.97 Å². The number of carbonyl (C=O) groups is 1. The Morgan fingerprint density at radius 3 is 2.56 bits per heavy atom. The van der Waals surface area contributed by atoms with Crippen molar-refractivity contribution in [1.29, 1.82) is 5.26 Å². The van der Waals surface area contributed by atoms with E-state index < -0.39 is 11.4 Å². The lowest BCUT2D eigenvalue weighted by atomic mass is 9.82. The van der Waals surface area contributed by atoms with Crippen molar-refractivity contribution in [2.75, 3.05) is 11.9 Å². The molecule has 1 rings (SSSR count). The van der Waals surface area contributed by atoms with Crippen LogP contribution in [-0.2, 0) is 4.79 Å². The summed E-state index contributed by atoms with van der Waals surface area (Å²) in [5, 5.41) is 21.1. The van der Waals surface area contributed by atoms with Crippen LogP contribution >= 0.6 is 0 Å². The van der Waals surface area contributed by atoms with Crippen LogP contribution in [0, 0.1) is 16.7 Å². The van der Waals surface area contributed by atoms with Gasteiger partial charge in [0.1, 0.15) is 6.07 Å². The van der Waals surface area contributed by atoms with Gasteiger partial charge in [0.25, 0.3) is 0 Å². The molecule has 0 atom stereocenters. The van der Waals surface area contributed by atoms with E-state index in [1.165, 1.54) is 12.4 Å². The minimum atomic E-state index is -0.845. The summed E-state index contributed by atoms with van der Waals surface area (Å²) in [4.78, 5) is 19.2. The van der Waals surface area contributed by atoms with Crippen LogP contribution in [0.4, 0.5) is 5.82 Å². The number of nitrogens with one attached hydrogen (secondary N) is 1. The first kappa shape index (κ1) is 13.9. The summed E-state index contributed by atoms with van der Waals surface area (Å²) in [5.41, 5.74) is -0.673. The highest BCUT2D eigenvalue weighted by molar-refractivity contribution is 5.75. The molecule has 0 aromatic carbocycles.